The topological polar surface area (TPSA) is 81.7 Å². The van der Waals surface area contributed by atoms with Crippen molar-refractivity contribution in [2.45, 2.75) is 49.8 Å². The van der Waals surface area contributed by atoms with Gasteiger partial charge in [-0.05, 0) is 43.7 Å². The lowest BCUT2D eigenvalue weighted by atomic mass is 10.2. The molecule has 0 saturated heterocycles. The molecule has 0 unspecified atom stereocenters. The third-order valence-electron chi connectivity index (χ3n) is 3.97. The van der Waals surface area contributed by atoms with Gasteiger partial charge in [0.15, 0.2) is 22.1 Å². The second-order valence-electron chi connectivity index (χ2n) is 6.45. The lowest BCUT2D eigenvalue weighted by molar-refractivity contribution is 0.525. The summed E-state index contributed by atoms with van der Waals surface area (Å²) in [5.74, 6) is 0.406. The molecule has 0 aliphatic heterocycles. The molecular weight excluding hydrogens is 368 g/mol. The Morgan fingerprint density at radius 2 is 2.12 bits per heavy atom. The van der Waals surface area contributed by atoms with Crippen molar-refractivity contribution in [3.63, 3.8) is 0 Å². The highest BCUT2D eigenvalue weighted by Gasteiger charge is 2.16. The first-order valence-corrected chi connectivity index (χ1v) is 9.79. The van der Waals surface area contributed by atoms with Crippen LogP contribution < -0.4 is 11.1 Å². The van der Waals surface area contributed by atoms with Crippen molar-refractivity contribution < 1.29 is 0 Å². The largest absolute Gasteiger partial charge is 0.382 e. The summed E-state index contributed by atoms with van der Waals surface area (Å²) in [6.07, 6.45) is 2.46. The van der Waals surface area contributed by atoms with E-state index >= 15 is 0 Å². The summed E-state index contributed by atoms with van der Waals surface area (Å²) >= 11 is 7.67. The number of fused-ring (bicyclic) bond motifs is 1. The highest BCUT2D eigenvalue weighted by molar-refractivity contribution is 7.99. The van der Waals surface area contributed by atoms with Crippen molar-refractivity contribution >= 4 is 40.3 Å². The van der Waals surface area contributed by atoms with E-state index in [0.29, 0.717) is 17.4 Å². The van der Waals surface area contributed by atoms with Crippen molar-refractivity contribution in [1.82, 2.24) is 24.8 Å². The smallest absolute Gasteiger partial charge is 0.175 e. The number of aromatic nitrogens is 4. The average molecular weight is 391 g/mol. The minimum absolute atomic E-state index is 0.406. The zero-order chi connectivity index (χ0) is 18.7. The Labute approximate surface area is 162 Å². The van der Waals surface area contributed by atoms with Gasteiger partial charge in [0.2, 0.25) is 0 Å². The van der Waals surface area contributed by atoms with Gasteiger partial charge in [0.25, 0.3) is 0 Å². The van der Waals surface area contributed by atoms with Gasteiger partial charge >= 0.3 is 0 Å². The van der Waals surface area contributed by atoms with E-state index in [-0.39, 0.29) is 0 Å². The average Bonchev–Trinajstić information content (AvgIpc) is 2.93. The van der Waals surface area contributed by atoms with Gasteiger partial charge in [-0.3, -0.25) is 0 Å². The number of benzene rings is 1. The van der Waals surface area contributed by atoms with Crippen LogP contribution in [0, 0.1) is 6.92 Å². The third kappa shape index (κ3) is 4.28. The predicted molar refractivity (Wildman–Crippen MR) is 108 cm³/mol. The maximum atomic E-state index is 6.07. The number of hydrogen-bond acceptors (Lipinski definition) is 6. The molecular formula is C18H23ClN6S. The molecule has 0 amide bonds. The highest BCUT2D eigenvalue weighted by atomic mass is 35.5. The van der Waals surface area contributed by atoms with E-state index in [1.54, 1.807) is 11.8 Å². The Morgan fingerprint density at radius 1 is 1.31 bits per heavy atom. The number of hydrogen-bond donors (Lipinski definition) is 2. The van der Waals surface area contributed by atoms with Gasteiger partial charge in [-0.2, -0.15) is 0 Å². The highest BCUT2D eigenvalue weighted by Crippen LogP contribution is 2.33. The molecule has 0 aliphatic carbocycles. The van der Waals surface area contributed by atoms with E-state index in [1.165, 1.54) is 6.33 Å². The van der Waals surface area contributed by atoms with Crippen LogP contribution in [0.4, 0.5) is 5.82 Å². The predicted octanol–water partition coefficient (Wildman–Crippen LogP) is 3.91. The van der Waals surface area contributed by atoms with Crippen molar-refractivity contribution in [3.8, 4) is 0 Å². The fourth-order valence-electron chi connectivity index (χ4n) is 2.67. The first kappa shape index (κ1) is 18.9. The van der Waals surface area contributed by atoms with Crippen LogP contribution >= 0.6 is 23.4 Å². The molecule has 26 heavy (non-hydrogen) atoms. The lowest BCUT2D eigenvalue weighted by Crippen LogP contribution is -2.24. The van der Waals surface area contributed by atoms with E-state index in [1.807, 2.05) is 25.1 Å². The minimum Gasteiger partial charge on any atom is -0.382 e. The van der Waals surface area contributed by atoms with Crippen LogP contribution in [0.1, 0.15) is 25.8 Å². The van der Waals surface area contributed by atoms with Gasteiger partial charge < -0.3 is 15.6 Å². The molecule has 1 aromatic carbocycles. The number of imidazole rings is 1. The van der Waals surface area contributed by atoms with Crippen LogP contribution in [0.15, 0.2) is 34.6 Å². The number of nitrogens with one attached hydrogen (secondary N) is 1. The van der Waals surface area contributed by atoms with Crippen LogP contribution in [0.3, 0.4) is 0 Å². The maximum Gasteiger partial charge on any atom is 0.175 e. The molecule has 3 rings (SSSR count). The standard InChI is InChI=1S/C18H23ClN6S/c1-11(2)21-7-4-8-25-17-15(16(20)22-10-23-17)24-18(25)26-14-6-5-13(19)9-12(14)3/h5-6,9-11,21H,4,7-8H2,1-3H3,(H2,20,22,23). The number of nitrogens with zero attached hydrogens (tertiary/aromatic N) is 4. The zero-order valence-electron chi connectivity index (χ0n) is 15.2. The Balaban J connectivity index is 1.92. The van der Waals surface area contributed by atoms with Crippen LogP contribution in [-0.4, -0.2) is 32.1 Å². The van der Waals surface area contributed by atoms with E-state index < -0.39 is 0 Å². The monoisotopic (exact) mass is 390 g/mol. The molecule has 2 aromatic heterocycles. The molecule has 2 heterocycles. The number of anilines is 1. The summed E-state index contributed by atoms with van der Waals surface area (Å²) in [5.41, 5.74) is 8.55. The number of nitrogen functional groups attached to an aromatic ring is 1. The summed E-state index contributed by atoms with van der Waals surface area (Å²) < 4.78 is 2.12. The molecule has 138 valence electrons. The SMILES string of the molecule is Cc1cc(Cl)ccc1Sc1nc2c(N)ncnc2n1CCCNC(C)C. The van der Waals surface area contributed by atoms with E-state index in [9.17, 15) is 0 Å². The normalized spacial score (nSPS) is 11.6. The minimum atomic E-state index is 0.406. The van der Waals surface area contributed by atoms with E-state index in [0.717, 1.165) is 45.8 Å². The van der Waals surface area contributed by atoms with Crippen molar-refractivity contribution in [2.75, 3.05) is 12.3 Å². The zero-order valence-corrected chi connectivity index (χ0v) is 16.7. The summed E-state index contributed by atoms with van der Waals surface area (Å²) in [4.78, 5) is 14.3. The number of rotatable bonds is 7. The molecule has 0 saturated carbocycles. The molecule has 6 nitrogen and oxygen atoms in total. The second kappa shape index (κ2) is 8.24. The fourth-order valence-corrected chi connectivity index (χ4v) is 3.87. The molecule has 3 N–H and O–H groups in total. The first-order chi connectivity index (χ1) is 12.5. The molecule has 0 spiro atoms. The van der Waals surface area contributed by atoms with E-state index in [2.05, 4.69) is 33.7 Å². The summed E-state index contributed by atoms with van der Waals surface area (Å²) in [6.45, 7) is 8.07. The summed E-state index contributed by atoms with van der Waals surface area (Å²) in [6, 6.07) is 6.34. The molecule has 8 heteroatoms. The van der Waals surface area contributed by atoms with E-state index in [4.69, 9.17) is 22.3 Å². The summed E-state index contributed by atoms with van der Waals surface area (Å²) in [5, 5.41) is 5.03. The fraction of sp³-hybridized carbons (Fsp3) is 0.389. The maximum absolute atomic E-state index is 6.07. The molecule has 0 fully saturated rings. The molecule has 3 aromatic rings. The third-order valence-corrected chi connectivity index (χ3v) is 5.38. The van der Waals surface area contributed by atoms with Gasteiger partial charge in [-0.25, -0.2) is 15.0 Å². The van der Waals surface area contributed by atoms with Gasteiger partial charge in [0.1, 0.15) is 6.33 Å². The first-order valence-electron chi connectivity index (χ1n) is 8.60. The summed E-state index contributed by atoms with van der Waals surface area (Å²) in [7, 11) is 0. The van der Waals surface area contributed by atoms with Gasteiger partial charge in [-0.1, -0.05) is 37.2 Å². The number of aryl methyl sites for hydroxylation is 2. The van der Waals surface area contributed by atoms with Crippen molar-refractivity contribution in [2.24, 2.45) is 0 Å². The van der Waals surface area contributed by atoms with Crippen LogP contribution in [-0.2, 0) is 6.54 Å². The Morgan fingerprint density at radius 3 is 2.85 bits per heavy atom. The Kier molecular flexibility index (Phi) is 6.01. The number of nitrogens with two attached hydrogens (primary N) is 1. The van der Waals surface area contributed by atoms with Crippen molar-refractivity contribution in [3.05, 3.63) is 35.1 Å². The van der Waals surface area contributed by atoms with Gasteiger partial charge in [-0.15, -0.1) is 0 Å². The lowest BCUT2D eigenvalue weighted by Gasteiger charge is -2.11. The van der Waals surface area contributed by atoms with Crippen LogP contribution in [0.2, 0.25) is 5.02 Å². The Hall–Kier alpha value is -1.83. The molecule has 0 aliphatic rings. The number of halogens is 1. The second-order valence-corrected chi connectivity index (χ2v) is 7.90. The molecule has 0 bridgehead atoms. The quantitative estimate of drug-likeness (QED) is 0.595. The van der Waals surface area contributed by atoms with Crippen LogP contribution in [0.25, 0.3) is 11.2 Å². The van der Waals surface area contributed by atoms with Gasteiger partial charge in [0.05, 0.1) is 0 Å². The molecule has 0 radical (unpaired) electrons. The molecule has 0 atom stereocenters. The van der Waals surface area contributed by atoms with Crippen LogP contribution in [0.5, 0.6) is 0 Å². The Bertz CT molecular complexity index is 908. The van der Waals surface area contributed by atoms with Crippen molar-refractivity contribution in [1.29, 1.82) is 0 Å². The van der Waals surface area contributed by atoms with Gasteiger partial charge in [0, 0.05) is 22.5 Å².